The molecule has 1 aliphatic heterocycles. The van der Waals surface area contributed by atoms with E-state index in [2.05, 4.69) is 4.98 Å². The summed E-state index contributed by atoms with van der Waals surface area (Å²) < 4.78 is 0. The molecule has 0 spiro atoms. The van der Waals surface area contributed by atoms with Gasteiger partial charge in [0.15, 0.2) is 5.69 Å². The number of hydrogen-bond donors (Lipinski definition) is 2. The molecule has 0 aromatic carbocycles. The van der Waals surface area contributed by atoms with Gasteiger partial charge in [0.1, 0.15) is 17.9 Å². The number of nitriles is 1. The highest BCUT2D eigenvalue weighted by molar-refractivity contribution is 5.83. The van der Waals surface area contributed by atoms with Gasteiger partial charge < -0.3 is 16.4 Å². The lowest BCUT2D eigenvalue weighted by Crippen LogP contribution is -2.48. The van der Waals surface area contributed by atoms with Gasteiger partial charge in [-0.3, -0.25) is 4.79 Å². The molecule has 0 aliphatic carbocycles. The number of piperidine rings is 1. The number of carbonyl (C=O) groups excluding carboxylic acids is 1. The van der Waals surface area contributed by atoms with Crippen molar-refractivity contribution < 1.29 is 4.79 Å². The summed E-state index contributed by atoms with van der Waals surface area (Å²) in [6, 6.07) is 4.95. The Hall–Kier alpha value is -2.29. The standard InChI is InChI=1S/C12H15N5O/c13-7-9-8(14)4-5-11(16-9)17-6-2-1-3-10(17)12(15)18/h4-5,10H,1-3,6,14H2,(H2,15,18). The number of anilines is 2. The minimum absolute atomic E-state index is 0.182. The van der Waals surface area contributed by atoms with E-state index in [9.17, 15) is 4.79 Å². The van der Waals surface area contributed by atoms with Crippen LogP contribution in [0, 0.1) is 11.3 Å². The van der Waals surface area contributed by atoms with E-state index in [4.69, 9.17) is 16.7 Å². The minimum Gasteiger partial charge on any atom is -0.396 e. The van der Waals surface area contributed by atoms with E-state index in [1.54, 1.807) is 12.1 Å². The molecule has 0 saturated carbocycles. The maximum Gasteiger partial charge on any atom is 0.240 e. The molecular weight excluding hydrogens is 230 g/mol. The second-order valence-corrected chi connectivity index (χ2v) is 4.33. The van der Waals surface area contributed by atoms with Gasteiger partial charge in [-0.2, -0.15) is 5.26 Å². The SMILES string of the molecule is N#Cc1nc(N2CCCCC2C(N)=O)ccc1N. The summed E-state index contributed by atoms with van der Waals surface area (Å²) in [6.45, 7) is 0.718. The zero-order valence-electron chi connectivity index (χ0n) is 9.97. The molecule has 1 aromatic heterocycles. The van der Waals surface area contributed by atoms with Crippen LogP contribution in [0.15, 0.2) is 12.1 Å². The molecular formula is C12H15N5O. The molecule has 1 atom stereocenters. The summed E-state index contributed by atoms with van der Waals surface area (Å²) in [5.41, 5.74) is 11.5. The summed E-state index contributed by atoms with van der Waals surface area (Å²) in [6.07, 6.45) is 2.69. The number of aromatic nitrogens is 1. The monoisotopic (exact) mass is 245 g/mol. The van der Waals surface area contributed by atoms with Gasteiger partial charge in [-0.1, -0.05) is 0 Å². The maximum atomic E-state index is 11.4. The van der Waals surface area contributed by atoms with Crippen LogP contribution in [0.1, 0.15) is 25.0 Å². The third kappa shape index (κ3) is 2.20. The average molecular weight is 245 g/mol. The largest absolute Gasteiger partial charge is 0.396 e. The van der Waals surface area contributed by atoms with Gasteiger partial charge in [-0.15, -0.1) is 0 Å². The number of carbonyl (C=O) groups is 1. The number of primary amides is 1. The van der Waals surface area contributed by atoms with Gasteiger partial charge >= 0.3 is 0 Å². The van der Waals surface area contributed by atoms with Crippen LogP contribution in [-0.4, -0.2) is 23.5 Å². The fraction of sp³-hybridized carbons (Fsp3) is 0.417. The molecule has 2 heterocycles. The van der Waals surface area contributed by atoms with Crippen molar-refractivity contribution in [1.29, 1.82) is 5.26 Å². The van der Waals surface area contributed by atoms with E-state index in [0.29, 0.717) is 11.5 Å². The van der Waals surface area contributed by atoms with E-state index in [1.165, 1.54) is 0 Å². The van der Waals surface area contributed by atoms with E-state index < -0.39 is 0 Å². The molecule has 1 aliphatic rings. The van der Waals surface area contributed by atoms with Crippen molar-refractivity contribution in [2.45, 2.75) is 25.3 Å². The van der Waals surface area contributed by atoms with E-state index in [0.717, 1.165) is 25.8 Å². The Morgan fingerprint density at radius 3 is 2.94 bits per heavy atom. The summed E-state index contributed by atoms with van der Waals surface area (Å²) in [5, 5.41) is 8.91. The van der Waals surface area contributed by atoms with Crippen molar-refractivity contribution in [2.75, 3.05) is 17.2 Å². The Kier molecular flexibility index (Phi) is 3.33. The van der Waals surface area contributed by atoms with Crippen molar-refractivity contribution in [2.24, 2.45) is 5.73 Å². The fourth-order valence-corrected chi connectivity index (χ4v) is 2.21. The third-order valence-corrected chi connectivity index (χ3v) is 3.14. The molecule has 4 N–H and O–H groups in total. The van der Waals surface area contributed by atoms with Crippen LogP contribution in [0.3, 0.4) is 0 Å². The van der Waals surface area contributed by atoms with Crippen LogP contribution in [-0.2, 0) is 4.79 Å². The molecule has 6 nitrogen and oxygen atoms in total. The van der Waals surface area contributed by atoms with Gasteiger partial charge in [0.2, 0.25) is 5.91 Å². The average Bonchev–Trinajstić information content (AvgIpc) is 2.39. The summed E-state index contributed by atoms with van der Waals surface area (Å²) in [7, 11) is 0. The number of nitrogens with two attached hydrogens (primary N) is 2. The first-order valence-corrected chi connectivity index (χ1v) is 5.86. The summed E-state index contributed by atoms with van der Waals surface area (Å²) >= 11 is 0. The highest BCUT2D eigenvalue weighted by atomic mass is 16.1. The molecule has 0 bridgehead atoms. The lowest BCUT2D eigenvalue weighted by Gasteiger charge is -2.34. The van der Waals surface area contributed by atoms with Gasteiger partial charge in [-0.25, -0.2) is 4.98 Å². The zero-order chi connectivity index (χ0) is 13.1. The summed E-state index contributed by atoms with van der Waals surface area (Å²) in [4.78, 5) is 17.5. The van der Waals surface area contributed by atoms with Crippen molar-refractivity contribution in [3.8, 4) is 6.07 Å². The Morgan fingerprint density at radius 2 is 2.28 bits per heavy atom. The number of rotatable bonds is 2. The molecule has 1 amide bonds. The zero-order valence-corrected chi connectivity index (χ0v) is 9.97. The minimum atomic E-state index is -0.355. The van der Waals surface area contributed by atoms with Gasteiger partial charge in [-0.05, 0) is 31.4 Å². The van der Waals surface area contributed by atoms with Gasteiger partial charge in [0, 0.05) is 6.54 Å². The Bertz CT molecular complexity index is 508. The predicted octanol–water partition coefficient (Wildman–Crippen LogP) is 0.380. The second-order valence-electron chi connectivity index (χ2n) is 4.33. The second kappa shape index (κ2) is 4.92. The highest BCUT2D eigenvalue weighted by Gasteiger charge is 2.28. The lowest BCUT2D eigenvalue weighted by molar-refractivity contribution is -0.119. The topological polar surface area (TPSA) is 109 Å². The van der Waals surface area contributed by atoms with Gasteiger partial charge in [0.25, 0.3) is 0 Å². The van der Waals surface area contributed by atoms with E-state index >= 15 is 0 Å². The Labute approximate surface area is 105 Å². The first-order chi connectivity index (χ1) is 8.63. The van der Waals surface area contributed by atoms with Crippen molar-refractivity contribution in [1.82, 2.24) is 4.98 Å². The number of pyridine rings is 1. The normalized spacial score (nSPS) is 19.3. The highest BCUT2D eigenvalue weighted by Crippen LogP contribution is 2.24. The molecule has 1 unspecified atom stereocenters. The van der Waals surface area contributed by atoms with Crippen LogP contribution in [0.5, 0.6) is 0 Å². The van der Waals surface area contributed by atoms with Crippen LogP contribution in [0.4, 0.5) is 11.5 Å². The van der Waals surface area contributed by atoms with Crippen molar-refractivity contribution >= 4 is 17.4 Å². The van der Waals surface area contributed by atoms with Crippen molar-refractivity contribution in [3.05, 3.63) is 17.8 Å². The molecule has 18 heavy (non-hydrogen) atoms. The first kappa shape index (κ1) is 12.2. The van der Waals surface area contributed by atoms with Crippen molar-refractivity contribution in [3.63, 3.8) is 0 Å². The molecule has 2 rings (SSSR count). The fourth-order valence-electron chi connectivity index (χ4n) is 2.21. The molecule has 1 fully saturated rings. The number of nitrogens with zero attached hydrogens (tertiary/aromatic N) is 3. The number of hydrogen-bond acceptors (Lipinski definition) is 5. The Morgan fingerprint density at radius 1 is 1.50 bits per heavy atom. The number of nitrogen functional groups attached to an aromatic ring is 1. The molecule has 6 heteroatoms. The van der Waals surface area contributed by atoms with E-state index in [1.807, 2.05) is 11.0 Å². The van der Waals surface area contributed by atoms with E-state index in [-0.39, 0.29) is 17.6 Å². The first-order valence-electron chi connectivity index (χ1n) is 5.86. The van der Waals surface area contributed by atoms with Crippen LogP contribution in [0.2, 0.25) is 0 Å². The van der Waals surface area contributed by atoms with Crippen LogP contribution >= 0.6 is 0 Å². The Balaban J connectivity index is 2.34. The smallest absolute Gasteiger partial charge is 0.240 e. The van der Waals surface area contributed by atoms with Crippen LogP contribution in [0.25, 0.3) is 0 Å². The van der Waals surface area contributed by atoms with Crippen LogP contribution < -0.4 is 16.4 Å². The van der Waals surface area contributed by atoms with Gasteiger partial charge in [0.05, 0.1) is 5.69 Å². The maximum absolute atomic E-state index is 11.4. The third-order valence-electron chi connectivity index (χ3n) is 3.14. The molecule has 0 radical (unpaired) electrons. The quantitative estimate of drug-likeness (QED) is 0.782. The predicted molar refractivity (Wildman–Crippen MR) is 67.5 cm³/mol. The summed E-state index contributed by atoms with van der Waals surface area (Å²) in [5.74, 6) is 0.232. The number of amides is 1. The molecule has 94 valence electrons. The molecule has 1 saturated heterocycles. The molecule has 1 aromatic rings. The lowest BCUT2D eigenvalue weighted by atomic mass is 10.0.